The van der Waals surface area contributed by atoms with Crippen LogP contribution in [0.5, 0.6) is 0 Å². The summed E-state index contributed by atoms with van der Waals surface area (Å²) in [5.74, 6) is 0. The molecule has 1 aliphatic heterocycles. The zero-order valence-corrected chi connectivity index (χ0v) is 14.6. The third-order valence-electron chi connectivity index (χ3n) is 5.05. The third kappa shape index (κ3) is 3.45. The largest absolute Gasteiger partial charge is 0.417 e. The molecule has 0 amide bonds. The van der Waals surface area contributed by atoms with Crippen molar-refractivity contribution in [2.75, 3.05) is 13.1 Å². The number of fused-ring (bicyclic) bond motifs is 1. The number of aromatic nitrogens is 1. The third-order valence-corrected chi connectivity index (χ3v) is 5.05. The van der Waals surface area contributed by atoms with Gasteiger partial charge in [-0.3, -0.25) is 9.69 Å². The van der Waals surface area contributed by atoms with E-state index in [1.807, 2.05) is 6.07 Å². The van der Waals surface area contributed by atoms with Crippen molar-refractivity contribution in [2.24, 2.45) is 7.05 Å². The second-order valence-corrected chi connectivity index (χ2v) is 6.76. The van der Waals surface area contributed by atoms with Crippen molar-refractivity contribution in [1.29, 1.82) is 0 Å². The molecule has 1 aromatic heterocycles. The predicted molar refractivity (Wildman–Crippen MR) is 92.7 cm³/mol. The van der Waals surface area contributed by atoms with Crippen molar-refractivity contribution < 1.29 is 13.2 Å². The normalized spacial score (nSPS) is 16.5. The monoisotopic (exact) mass is 352 g/mol. The number of pyridine rings is 1. The van der Waals surface area contributed by atoms with Crippen molar-refractivity contribution in [3.05, 3.63) is 45.2 Å². The van der Waals surface area contributed by atoms with Crippen molar-refractivity contribution in [3.63, 3.8) is 0 Å². The Morgan fingerprint density at radius 1 is 1.12 bits per heavy atom. The zero-order chi connectivity index (χ0) is 18.2. The quantitative estimate of drug-likeness (QED) is 0.831. The summed E-state index contributed by atoms with van der Waals surface area (Å²) in [6.07, 6.45) is -0.991. The molecule has 3 nitrogen and oxygen atoms in total. The van der Waals surface area contributed by atoms with Gasteiger partial charge in [-0.25, -0.2) is 0 Å². The number of alkyl halides is 3. The lowest BCUT2D eigenvalue weighted by Gasteiger charge is -2.26. The van der Waals surface area contributed by atoms with E-state index in [-0.39, 0.29) is 17.4 Å². The van der Waals surface area contributed by atoms with E-state index in [9.17, 15) is 18.0 Å². The maximum absolute atomic E-state index is 13.7. The standard InChI is InChI=1S/C19H23F3N2O/c1-3-14-17(19(20,21)22)15-11-13(12-24-9-5-4-6-10-24)7-8-16(15)23(2)18(14)25/h7-8,11H,3-6,9-10,12H2,1-2H3. The van der Waals surface area contributed by atoms with Crippen LogP contribution in [0.2, 0.25) is 0 Å². The van der Waals surface area contributed by atoms with E-state index in [0.717, 1.165) is 31.5 Å². The van der Waals surface area contributed by atoms with Gasteiger partial charge >= 0.3 is 6.18 Å². The van der Waals surface area contributed by atoms with Gasteiger partial charge in [-0.15, -0.1) is 0 Å². The Morgan fingerprint density at radius 3 is 2.40 bits per heavy atom. The number of aryl methyl sites for hydroxylation is 1. The van der Waals surface area contributed by atoms with Crippen molar-refractivity contribution in [2.45, 2.75) is 45.3 Å². The smallest absolute Gasteiger partial charge is 0.311 e. The molecule has 0 unspecified atom stereocenters. The van der Waals surface area contributed by atoms with E-state index in [1.165, 1.54) is 18.0 Å². The van der Waals surface area contributed by atoms with Gasteiger partial charge in [0, 0.05) is 24.5 Å². The number of hydrogen-bond donors (Lipinski definition) is 0. The van der Waals surface area contributed by atoms with E-state index in [1.54, 1.807) is 19.1 Å². The molecule has 1 aromatic carbocycles. The van der Waals surface area contributed by atoms with Crippen LogP contribution in [0.4, 0.5) is 13.2 Å². The maximum atomic E-state index is 13.7. The van der Waals surface area contributed by atoms with E-state index >= 15 is 0 Å². The van der Waals surface area contributed by atoms with Crippen LogP contribution in [0, 0.1) is 0 Å². The summed E-state index contributed by atoms with van der Waals surface area (Å²) in [5, 5.41) is 0.126. The fraction of sp³-hybridized carbons (Fsp3) is 0.526. The molecule has 6 heteroatoms. The molecular formula is C19H23F3N2O. The first kappa shape index (κ1) is 18.0. The summed E-state index contributed by atoms with van der Waals surface area (Å²) in [6, 6.07) is 5.10. The van der Waals surface area contributed by atoms with Crippen LogP contribution in [0.15, 0.2) is 23.0 Å². The van der Waals surface area contributed by atoms with Gasteiger partial charge in [-0.1, -0.05) is 19.4 Å². The zero-order valence-electron chi connectivity index (χ0n) is 14.6. The number of halogens is 3. The fourth-order valence-corrected chi connectivity index (χ4v) is 3.78. The lowest BCUT2D eigenvalue weighted by atomic mass is 9.98. The average Bonchev–Trinajstić information content (AvgIpc) is 2.57. The van der Waals surface area contributed by atoms with Crippen LogP contribution in [0.1, 0.15) is 42.9 Å². The minimum Gasteiger partial charge on any atom is -0.311 e. The van der Waals surface area contributed by atoms with Crippen LogP contribution in [0.25, 0.3) is 10.9 Å². The highest BCUT2D eigenvalue weighted by atomic mass is 19.4. The number of piperidine rings is 1. The second kappa shape index (κ2) is 6.83. The molecule has 2 heterocycles. The maximum Gasteiger partial charge on any atom is 0.417 e. The predicted octanol–water partition coefficient (Wildman–Crippen LogP) is 4.11. The molecule has 1 fully saturated rings. The topological polar surface area (TPSA) is 25.2 Å². The van der Waals surface area contributed by atoms with Crippen molar-refractivity contribution in [1.82, 2.24) is 9.47 Å². The molecule has 0 radical (unpaired) electrons. The van der Waals surface area contributed by atoms with E-state index in [4.69, 9.17) is 0 Å². The first-order valence-corrected chi connectivity index (χ1v) is 8.77. The Bertz CT molecular complexity index is 833. The van der Waals surface area contributed by atoms with Crippen LogP contribution in [-0.2, 0) is 26.2 Å². The van der Waals surface area contributed by atoms with Crippen LogP contribution < -0.4 is 5.56 Å². The number of rotatable bonds is 3. The van der Waals surface area contributed by atoms with E-state index < -0.39 is 17.3 Å². The van der Waals surface area contributed by atoms with Gasteiger partial charge in [0.2, 0.25) is 0 Å². The molecule has 1 aliphatic rings. The Balaban J connectivity index is 2.16. The lowest BCUT2D eigenvalue weighted by molar-refractivity contribution is -0.137. The Labute approximate surface area is 145 Å². The minimum absolute atomic E-state index is 0.0633. The van der Waals surface area contributed by atoms with Gasteiger partial charge in [0.05, 0.1) is 11.1 Å². The van der Waals surface area contributed by atoms with Crippen LogP contribution in [-0.4, -0.2) is 22.6 Å². The minimum atomic E-state index is -4.54. The highest BCUT2D eigenvalue weighted by molar-refractivity contribution is 5.85. The van der Waals surface area contributed by atoms with Gasteiger partial charge in [0.15, 0.2) is 0 Å². The van der Waals surface area contributed by atoms with Gasteiger partial charge in [-0.05, 0) is 50.0 Å². The van der Waals surface area contributed by atoms with Crippen LogP contribution >= 0.6 is 0 Å². The number of nitrogens with zero attached hydrogens (tertiary/aromatic N) is 2. The molecule has 0 spiro atoms. The molecule has 3 rings (SSSR count). The second-order valence-electron chi connectivity index (χ2n) is 6.76. The van der Waals surface area contributed by atoms with Crippen LogP contribution in [0.3, 0.4) is 0 Å². The molecule has 0 bridgehead atoms. The molecule has 0 aliphatic carbocycles. The number of hydrogen-bond acceptors (Lipinski definition) is 2. The molecule has 0 saturated carbocycles. The van der Waals surface area contributed by atoms with Gasteiger partial charge in [0.1, 0.15) is 0 Å². The Hall–Kier alpha value is -1.82. The summed E-state index contributed by atoms with van der Waals surface area (Å²) in [4.78, 5) is 14.6. The highest BCUT2D eigenvalue weighted by Crippen LogP contribution is 2.36. The lowest BCUT2D eigenvalue weighted by Crippen LogP contribution is -2.29. The molecule has 2 aromatic rings. The van der Waals surface area contributed by atoms with E-state index in [0.29, 0.717) is 12.1 Å². The fourth-order valence-electron chi connectivity index (χ4n) is 3.78. The van der Waals surface area contributed by atoms with Crippen molar-refractivity contribution >= 4 is 10.9 Å². The summed E-state index contributed by atoms with van der Waals surface area (Å²) < 4.78 is 42.5. The average molecular weight is 352 g/mol. The molecule has 136 valence electrons. The molecule has 0 atom stereocenters. The molecular weight excluding hydrogens is 329 g/mol. The SMILES string of the molecule is CCc1c(C(F)(F)F)c2cc(CN3CCCCC3)ccc2n(C)c1=O. The molecule has 25 heavy (non-hydrogen) atoms. The summed E-state index contributed by atoms with van der Waals surface area (Å²) in [7, 11) is 1.54. The number of benzene rings is 1. The molecule has 0 N–H and O–H groups in total. The first-order valence-electron chi connectivity index (χ1n) is 8.77. The van der Waals surface area contributed by atoms with Gasteiger partial charge in [-0.2, -0.15) is 13.2 Å². The Morgan fingerprint density at radius 2 is 1.80 bits per heavy atom. The van der Waals surface area contributed by atoms with Crippen molar-refractivity contribution in [3.8, 4) is 0 Å². The Kier molecular flexibility index (Phi) is 4.91. The van der Waals surface area contributed by atoms with Gasteiger partial charge < -0.3 is 4.57 Å². The summed E-state index contributed by atoms with van der Waals surface area (Å²) in [6.45, 7) is 4.21. The first-order chi connectivity index (χ1) is 11.8. The van der Waals surface area contributed by atoms with Gasteiger partial charge in [0.25, 0.3) is 5.56 Å². The highest BCUT2D eigenvalue weighted by Gasteiger charge is 2.37. The summed E-state index contributed by atoms with van der Waals surface area (Å²) >= 11 is 0. The summed E-state index contributed by atoms with van der Waals surface area (Å²) in [5.41, 5.74) is -0.296. The molecule has 1 saturated heterocycles. The number of likely N-dealkylation sites (tertiary alicyclic amines) is 1. The van der Waals surface area contributed by atoms with E-state index in [2.05, 4.69) is 4.90 Å².